The molecule has 1 atom stereocenters. The Balaban J connectivity index is 3.05. The molecule has 4 nitrogen and oxygen atoms in total. The van der Waals surface area contributed by atoms with Gasteiger partial charge in [0.25, 0.3) is 0 Å². The van der Waals surface area contributed by atoms with Crippen molar-refractivity contribution in [3.8, 4) is 0 Å². The maximum atomic E-state index is 12.9. The number of anilines is 1. The molecule has 0 fully saturated rings. The molecule has 0 saturated carbocycles. The van der Waals surface area contributed by atoms with E-state index in [9.17, 15) is 12.8 Å². The summed E-state index contributed by atoms with van der Waals surface area (Å²) in [7, 11) is -3.73. The normalized spacial score (nSPS) is 13.1. The zero-order chi connectivity index (χ0) is 13.9. The minimum atomic E-state index is -3.73. The molecule has 1 unspecified atom stereocenters. The summed E-state index contributed by atoms with van der Waals surface area (Å²) in [6.45, 7) is 1.67. The lowest BCUT2D eigenvalue weighted by atomic mass is 10.3. The fourth-order valence-corrected chi connectivity index (χ4v) is 3.87. The number of halogens is 2. The molecule has 0 radical (unpaired) electrons. The van der Waals surface area contributed by atoms with Gasteiger partial charge in [-0.25, -0.2) is 12.8 Å². The highest BCUT2D eigenvalue weighted by Gasteiger charge is 2.26. The van der Waals surface area contributed by atoms with Gasteiger partial charge in [0.2, 0.25) is 10.0 Å². The first-order valence-corrected chi connectivity index (χ1v) is 7.78. The molecule has 1 aromatic rings. The smallest absolute Gasteiger partial charge is 0.242 e. The van der Waals surface area contributed by atoms with Crippen LogP contribution in [0.2, 0.25) is 0 Å². The van der Waals surface area contributed by atoms with Gasteiger partial charge >= 0.3 is 0 Å². The molecule has 0 spiro atoms. The summed E-state index contributed by atoms with van der Waals surface area (Å²) in [5.74, 6) is -0.466. The van der Waals surface area contributed by atoms with E-state index in [0.717, 1.165) is 6.07 Å². The highest BCUT2D eigenvalue weighted by atomic mass is 79.9. The minimum Gasteiger partial charge on any atom is -0.392 e. The molecule has 0 saturated heterocycles. The summed E-state index contributed by atoms with van der Waals surface area (Å²) in [6, 6.07) is 3.65. The van der Waals surface area contributed by atoms with E-state index in [1.807, 2.05) is 0 Å². The van der Waals surface area contributed by atoms with E-state index >= 15 is 0 Å². The number of hydrogen-bond donors (Lipinski definition) is 2. The van der Waals surface area contributed by atoms with Crippen LogP contribution in [0.1, 0.15) is 13.3 Å². The molecule has 18 heavy (non-hydrogen) atoms. The Morgan fingerprint density at radius 3 is 2.67 bits per heavy atom. The van der Waals surface area contributed by atoms with E-state index in [0.29, 0.717) is 4.47 Å². The van der Waals surface area contributed by atoms with E-state index in [1.165, 1.54) is 12.1 Å². The predicted molar refractivity (Wildman–Crippen MR) is 77.5 cm³/mol. The van der Waals surface area contributed by atoms with Gasteiger partial charge in [0.15, 0.2) is 0 Å². The van der Waals surface area contributed by atoms with Crippen LogP contribution in [0.15, 0.2) is 22.7 Å². The number of nitrogens with one attached hydrogen (secondary N) is 1. The molecule has 8 heteroatoms. The number of rotatable bonds is 5. The van der Waals surface area contributed by atoms with Gasteiger partial charge in [-0.2, -0.15) is 0 Å². The molecule has 0 aliphatic rings. The molecule has 0 bridgehead atoms. The Morgan fingerprint density at radius 2 is 2.22 bits per heavy atom. The molecule has 0 aromatic heterocycles. The van der Waals surface area contributed by atoms with Crippen molar-refractivity contribution >= 4 is 48.8 Å². The standard InChI is InChI=1S/C10H12BrFN2O2S2/c1-2-9(10(13)17)18(15,16)14-8-4-3-6(12)5-7(8)11/h3-5,9,14H,2H2,1H3,(H2,13,17). The summed E-state index contributed by atoms with van der Waals surface area (Å²) >= 11 is 7.80. The van der Waals surface area contributed by atoms with Crippen LogP contribution in [0, 0.1) is 5.82 Å². The molecule has 1 aromatic carbocycles. The molecular formula is C10H12BrFN2O2S2. The largest absolute Gasteiger partial charge is 0.392 e. The van der Waals surface area contributed by atoms with E-state index in [4.69, 9.17) is 18.0 Å². The Morgan fingerprint density at radius 1 is 1.61 bits per heavy atom. The second-order valence-electron chi connectivity index (χ2n) is 3.57. The van der Waals surface area contributed by atoms with E-state index < -0.39 is 21.1 Å². The quantitative estimate of drug-likeness (QED) is 0.796. The van der Waals surface area contributed by atoms with Gasteiger partial charge in [0, 0.05) is 4.47 Å². The first kappa shape index (κ1) is 15.3. The van der Waals surface area contributed by atoms with Crippen LogP contribution in [-0.2, 0) is 10.0 Å². The first-order chi connectivity index (χ1) is 8.27. The fraction of sp³-hybridized carbons (Fsp3) is 0.300. The Labute approximate surface area is 119 Å². The zero-order valence-corrected chi connectivity index (χ0v) is 12.7. The van der Waals surface area contributed by atoms with E-state index in [-0.39, 0.29) is 17.1 Å². The van der Waals surface area contributed by atoms with E-state index in [2.05, 4.69) is 20.7 Å². The van der Waals surface area contributed by atoms with E-state index in [1.54, 1.807) is 6.92 Å². The van der Waals surface area contributed by atoms with Gasteiger partial charge in [-0.3, -0.25) is 4.72 Å². The van der Waals surface area contributed by atoms with Crippen LogP contribution in [0.25, 0.3) is 0 Å². The summed E-state index contributed by atoms with van der Waals surface area (Å²) in [4.78, 5) is -0.0942. The molecule has 0 aliphatic heterocycles. The van der Waals surface area contributed by atoms with Gasteiger partial charge in [0.05, 0.1) is 10.7 Å². The molecule has 1 rings (SSSR count). The second kappa shape index (κ2) is 5.94. The molecule has 0 heterocycles. The topological polar surface area (TPSA) is 72.2 Å². The zero-order valence-electron chi connectivity index (χ0n) is 9.48. The maximum absolute atomic E-state index is 12.9. The lowest BCUT2D eigenvalue weighted by Crippen LogP contribution is -2.37. The third-order valence-electron chi connectivity index (χ3n) is 2.25. The molecular weight excluding hydrogens is 343 g/mol. The van der Waals surface area contributed by atoms with Gasteiger partial charge < -0.3 is 5.73 Å². The van der Waals surface area contributed by atoms with Gasteiger partial charge in [-0.15, -0.1) is 0 Å². The average molecular weight is 355 g/mol. The van der Waals surface area contributed by atoms with Crippen LogP contribution >= 0.6 is 28.1 Å². The fourth-order valence-electron chi connectivity index (χ4n) is 1.37. The van der Waals surface area contributed by atoms with Crippen molar-refractivity contribution in [1.82, 2.24) is 0 Å². The molecule has 0 aliphatic carbocycles. The van der Waals surface area contributed by atoms with Crippen molar-refractivity contribution < 1.29 is 12.8 Å². The molecule has 3 N–H and O–H groups in total. The first-order valence-electron chi connectivity index (χ1n) is 5.04. The number of nitrogens with two attached hydrogens (primary N) is 1. The third kappa shape index (κ3) is 3.63. The van der Waals surface area contributed by atoms with Crippen molar-refractivity contribution in [2.75, 3.05) is 4.72 Å². The number of thiocarbonyl (C=S) groups is 1. The minimum absolute atomic E-state index is 0.0942. The summed E-state index contributed by atoms with van der Waals surface area (Å²) in [5.41, 5.74) is 5.63. The lowest BCUT2D eigenvalue weighted by Gasteiger charge is -2.16. The number of benzene rings is 1. The number of hydrogen-bond acceptors (Lipinski definition) is 3. The monoisotopic (exact) mass is 354 g/mol. The lowest BCUT2D eigenvalue weighted by molar-refractivity contribution is 0.594. The van der Waals surface area contributed by atoms with Crippen LogP contribution in [-0.4, -0.2) is 18.7 Å². The van der Waals surface area contributed by atoms with Gasteiger partial charge in [-0.1, -0.05) is 19.1 Å². The molecule has 0 amide bonds. The van der Waals surface area contributed by atoms with Crippen molar-refractivity contribution in [3.05, 3.63) is 28.5 Å². The van der Waals surface area contributed by atoms with Crippen LogP contribution < -0.4 is 10.5 Å². The summed E-state index contributed by atoms with van der Waals surface area (Å²) in [5, 5.41) is -0.954. The third-order valence-corrected chi connectivity index (χ3v) is 5.18. The van der Waals surface area contributed by atoms with Crippen LogP contribution in [0.3, 0.4) is 0 Å². The SMILES string of the molecule is CCC(C(N)=S)S(=O)(=O)Nc1ccc(F)cc1Br. The predicted octanol–water partition coefficient (Wildman–Crippen LogP) is 2.39. The molecule has 100 valence electrons. The van der Waals surface area contributed by atoms with Gasteiger partial charge in [0.1, 0.15) is 11.1 Å². The Hall–Kier alpha value is -0.730. The second-order valence-corrected chi connectivity index (χ2v) is 6.76. The average Bonchev–Trinajstić information content (AvgIpc) is 2.22. The van der Waals surface area contributed by atoms with Crippen LogP contribution in [0.5, 0.6) is 0 Å². The maximum Gasteiger partial charge on any atom is 0.242 e. The highest BCUT2D eigenvalue weighted by Crippen LogP contribution is 2.25. The van der Waals surface area contributed by atoms with Crippen molar-refractivity contribution in [2.45, 2.75) is 18.6 Å². The Kier molecular flexibility index (Phi) is 5.06. The van der Waals surface area contributed by atoms with Crippen molar-refractivity contribution in [1.29, 1.82) is 0 Å². The number of sulfonamides is 1. The van der Waals surface area contributed by atoms with Crippen LogP contribution in [0.4, 0.5) is 10.1 Å². The van der Waals surface area contributed by atoms with Crippen molar-refractivity contribution in [2.24, 2.45) is 5.73 Å². The highest BCUT2D eigenvalue weighted by molar-refractivity contribution is 9.10. The van der Waals surface area contributed by atoms with Gasteiger partial charge in [-0.05, 0) is 40.5 Å². The van der Waals surface area contributed by atoms with Crippen molar-refractivity contribution in [3.63, 3.8) is 0 Å². The summed E-state index contributed by atoms with van der Waals surface area (Å²) < 4.78 is 39.6. The summed E-state index contributed by atoms with van der Waals surface area (Å²) in [6.07, 6.45) is 0.267. The Bertz CT molecular complexity index is 563.